The molecule has 5 nitrogen and oxygen atoms in total. The van der Waals surface area contributed by atoms with Crippen LogP contribution in [0.15, 0.2) is 22.8 Å². The van der Waals surface area contributed by atoms with Crippen molar-refractivity contribution in [3.8, 4) is 0 Å². The SMILES string of the molecule is COC1CC(Nc2nc3c(Br)cccn3n2)C1(C)C. The number of ether oxygens (including phenoxy) is 1. The summed E-state index contributed by atoms with van der Waals surface area (Å²) in [6, 6.07) is 4.24. The average Bonchev–Trinajstić information content (AvgIpc) is 2.78. The van der Waals surface area contributed by atoms with E-state index in [1.807, 2.05) is 18.3 Å². The number of nitrogens with one attached hydrogen (secondary N) is 1. The minimum Gasteiger partial charge on any atom is -0.381 e. The smallest absolute Gasteiger partial charge is 0.243 e. The van der Waals surface area contributed by atoms with Crippen molar-refractivity contribution in [3.05, 3.63) is 22.8 Å². The van der Waals surface area contributed by atoms with Crippen molar-refractivity contribution in [2.45, 2.75) is 32.4 Å². The van der Waals surface area contributed by atoms with E-state index in [2.05, 4.69) is 45.2 Å². The maximum absolute atomic E-state index is 5.45. The predicted molar refractivity (Wildman–Crippen MR) is 77.3 cm³/mol. The van der Waals surface area contributed by atoms with Gasteiger partial charge in [-0.15, -0.1) is 5.10 Å². The molecule has 0 spiro atoms. The Balaban J connectivity index is 1.82. The Morgan fingerprint density at radius 1 is 1.53 bits per heavy atom. The van der Waals surface area contributed by atoms with E-state index in [4.69, 9.17) is 4.74 Å². The molecule has 2 unspecified atom stereocenters. The molecule has 19 heavy (non-hydrogen) atoms. The number of methoxy groups -OCH3 is 1. The van der Waals surface area contributed by atoms with Crippen molar-refractivity contribution >= 4 is 27.5 Å². The molecule has 0 bridgehead atoms. The third-order valence-electron chi connectivity index (χ3n) is 4.08. The van der Waals surface area contributed by atoms with Crippen LogP contribution in [0.3, 0.4) is 0 Å². The zero-order valence-electron chi connectivity index (χ0n) is 11.2. The fraction of sp³-hybridized carbons (Fsp3) is 0.538. The third kappa shape index (κ3) is 2.03. The number of halogens is 1. The molecule has 0 saturated heterocycles. The molecule has 1 saturated carbocycles. The average molecular weight is 325 g/mol. The Hall–Kier alpha value is -1.14. The van der Waals surface area contributed by atoms with Crippen molar-refractivity contribution in [3.63, 3.8) is 0 Å². The van der Waals surface area contributed by atoms with E-state index in [-0.39, 0.29) is 5.41 Å². The Kier molecular flexibility index (Phi) is 3.02. The first-order chi connectivity index (χ1) is 9.02. The summed E-state index contributed by atoms with van der Waals surface area (Å²) in [6.45, 7) is 4.40. The van der Waals surface area contributed by atoms with Crippen molar-refractivity contribution in [1.82, 2.24) is 14.6 Å². The zero-order chi connectivity index (χ0) is 13.6. The van der Waals surface area contributed by atoms with Crippen LogP contribution in [-0.4, -0.2) is 33.9 Å². The van der Waals surface area contributed by atoms with Gasteiger partial charge in [0.15, 0.2) is 5.65 Å². The number of hydrogen-bond acceptors (Lipinski definition) is 4. The molecule has 0 amide bonds. The summed E-state index contributed by atoms with van der Waals surface area (Å²) < 4.78 is 8.17. The molecule has 1 fully saturated rings. The highest BCUT2D eigenvalue weighted by Crippen LogP contribution is 2.43. The van der Waals surface area contributed by atoms with Crippen LogP contribution >= 0.6 is 15.9 Å². The van der Waals surface area contributed by atoms with Crippen LogP contribution in [-0.2, 0) is 4.74 Å². The van der Waals surface area contributed by atoms with Crippen molar-refractivity contribution < 1.29 is 4.74 Å². The van der Waals surface area contributed by atoms with E-state index >= 15 is 0 Å². The van der Waals surface area contributed by atoms with E-state index in [1.54, 1.807) is 11.6 Å². The predicted octanol–water partition coefficient (Wildman–Crippen LogP) is 2.72. The van der Waals surface area contributed by atoms with Crippen LogP contribution in [0, 0.1) is 5.41 Å². The first-order valence-corrected chi connectivity index (χ1v) is 7.12. The minimum atomic E-state index is 0.101. The molecule has 0 radical (unpaired) electrons. The summed E-state index contributed by atoms with van der Waals surface area (Å²) in [5, 5.41) is 7.84. The molecule has 0 aromatic carbocycles. The summed E-state index contributed by atoms with van der Waals surface area (Å²) in [5.74, 6) is 0.666. The maximum atomic E-state index is 5.45. The van der Waals surface area contributed by atoms with Gasteiger partial charge in [0.1, 0.15) is 0 Å². The van der Waals surface area contributed by atoms with Gasteiger partial charge in [-0.05, 0) is 34.5 Å². The lowest BCUT2D eigenvalue weighted by molar-refractivity contribution is -0.0796. The highest BCUT2D eigenvalue weighted by molar-refractivity contribution is 9.10. The molecule has 1 aliphatic rings. The lowest BCUT2D eigenvalue weighted by Crippen LogP contribution is -2.57. The van der Waals surface area contributed by atoms with Crippen molar-refractivity contribution in [2.75, 3.05) is 12.4 Å². The molecule has 6 heteroatoms. The second-order valence-electron chi connectivity index (χ2n) is 5.54. The van der Waals surface area contributed by atoms with E-state index in [1.165, 1.54) is 0 Å². The van der Waals surface area contributed by atoms with E-state index < -0.39 is 0 Å². The second-order valence-corrected chi connectivity index (χ2v) is 6.39. The summed E-state index contributed by atoms with van der Waals surface area (Å²) >= 11 is 3.48. The molecule has 2 heterocycles. The first kappa shape index (κ1) is 12.9. The van der Waals surface area contributed by atoms with Gasteiger partial charge in [0, 0.05) is 24.8 Å². The fourth-order valence-corrected chi connectivity index (χ4v) is 3.04. The highest BCUT2D eigenvalue weighted by Gasteiger charge is 2.48. The maximum Gasteiger partial charge on any atom is 0.243 e. The summed E-state index contributed by atoms with van der Waals surface area (Å²) in [7, 11) is 1.77. The molecule has 102 valence electrons. The molecular formula is C13H17BrN4O. The first-order valence-electron chi connectivity index (χ1n) is 6.32. The van der Waals surface area contributed by atoms with Crippen molar-refractivity contribution in [1.29, 1.82) is 0 Å². The fourth-order valence-electron chi connectivity index (χ4n) is 2.62. The number of fused-ring (bicyclic) bond motifs is 1. The van der Waals surface area contributed by atoms with E-state index in [0.29, 0.717) is 18.1 Å². The van der Waals surface area contributed by atoms with Gasteiger partial charge in [0.2, 0.25) is 5.95 Å². The van der Waals surface area contributed by atoms with Gasteiger partial charge in [0.25, 0.3) is 0 Å². The second kappa shape index (κ2) is 4.45. The van der Waals surface area contributed by atoms with Gasteiger partial charge in [-0.25, -0.2) is 4.52 Å². The number of anilines is 1. The number of hydrogen-bond donors (Lipinski definition) is 1. The Morgan fingerprint density at radius 3 is 2.95 bits per heavy atom. The summed E-state index contributed by atoms with van der Waals surface area (Å²) in [4.78, 5) is 4.50. The number of pyridine rings is 1. The van der Waals surface area contributed by atoms with Crippen LogP contribution < -0.4 is 5.32 Å². The molecule has 1 N–H and O–H groups in total. The largest absolute Gasteiger partial charge is 0.381 e. The molecule has 2 atom stereocenters. The highest BCUT2D eigenvalue weighted by atomic mass is 79.9. The van der Waals surface area contributed by atoms with Gasteiger partial charge >= 0.3 is 0 Å². The zero-order valence-corrected chi connectivity index (χ0v) is 12.8. The van der Waals surface area contributed by atoms with Crippen LogP contribution in [0.4, 0.5) is 5.95 Å². The molecule has 1 aliphatic carbocycles. The van der Waals surface area contributed by atoms with Crippen LogP contribution in [0.1, 0.15) is 20.3 Å². The molecule has 2 aromatic heterocycles. The number of aromatic nitrogens is 3. The number of rotatable bonds is 3. The van der Waals surface area contributed by atoms with E-state index in [9.17, 15) is 0 Å². The Labute approximate surface area is 120 Å². The summed E-state index contributed by atoms with van der Waals surface area (Å²) in [5.41, 5.74) is 0.925. The third-order valence-corrected chi connectivity index (χ3v) is 4.70. The van der Waals surface area contributed by atoms with Crippen LogP contribution in [0.25, 0.3) is 5.65 Å². The standard InChI is InChI=1S/C13H17BrN4O/c1-13(2)9(7-10(13)19-3)15-12-16-11-8(14)5-4-6-18(11)17-12/h4-6,9-10H,7H2,1-3H3,(H,15,17). The van der Waals surface area contributed by atoms with Gasteiger partial charge in [0.05, 0.1) is 10.6 Å². The molecule has 3 rings (SSSR count). The van der Waals surface area contributed by atoms with Gasteiger partial charge in [-0.3, -0.25) is 0 Å². The van der Waals surface area contributed by atoms with Crippen LogP contribution in [0.5, 0.6) is 0 Å². The Morgan fingerprint density at radius 2 is 2.32 bits per heavy atom. The summed E-state index contributed by atoms with van der Waals surface area (Å²) in [6.07, 6.45) is 3.18. The van der Waals surface area contributed by atoms with Gasteiger partial charge in [-0.2, -0.15) is 4.98 Å². The van der Waals surface area contributed by atoms with Crippen molar-refractivity contribution in [2.24, 2.45) is 5.41 Å². The van der Waals surface area contributed by atoms with Gasteiger partial charge < -0.3 is 10.1 Å². The molecule has 0 aliphatic heterocycles. The van der Waals surface area contributed by atoms with Crippen LogP contribution in [0.2, 0.25) is 0 Å². The minimum absolute atomic E-state index is 0.101. The lowest BCUT2D eigenvalue weighted by Gasteiger charge is -2.51. The quantitative estimate of drug-likeness (QED) is 0.943. The topological polar surface area (TPSA) is 51.5 Å². The lowest BCUT2D eigenvalue weighted by atomic mass is 9.64. The van der Waals surface area contributed by atoms with Gasteiger partial charge in [-0.1, -0.05) is 13.8 Å². The molecule has 2 aromatic rings. The monoisotopic (exact) mass is 324 g/mol. The normalized spacial score (nSPS) is 25.3. The number of nitrogens with zero attached hydrogens (tertiary/aromatic N) is 3. The van der Waals surface area contributed by atoms with E-state index in [0.717, 1.165) is 16.5 Å². The Bertz CT molecular complexity index is 610. The molecular weight excluding hydrogens is 308 g/mol.